The maximum atomic E-state index is 13.4. The number of nitrogens with two attached hydrogens (primary N) is 1. The van der Waals surface area contributed by atoms with E-state index in [4.69, 9.17) is 10.8 Å². The Hall–Kier alpha value is -1.82. The standard InChI is InChI=1S/C11H11F2NO3/c1-6-2-4-7(5-3-6)9(15)11(12,13)8(14)10(16)17/h2-5,8H,14H2,1H3,(H,16,17). The monoisotopic (exact) mass is 243 g/mol. The lowest BCUT2D eigenvalue weighted by molar-refractivity contribution is -0.145. The van der Waals surface area contributed by atoms with Crippen LogP contribution in [0, 0.1) is 6.92 Å². The Labute approximate surface area is 96.0 Å². The van der Waals surface area contributed by atoms with Gasteiger partial charge in [-0.3, -0.25) is 9.59 Å². The van der Waals surface area contributed by atoms with Crippen molar-refractivity contribution in [1.29, 1.82) is 0 Å². The van der Waals surface area contributed by atoms with Gasteiger partial charge < -0.3 is 10.8 Å². The Morgan fingerprint density at radius 3 is 2.18 bits per heavy atom. The number of benzene rings is 1. The third-order valence-corrected chi connectivity index (χ3v) is 2.27. The molecule has 0 radical (unpaired) electrons. The Balaban J connectivity index is 3.04. The zero-order chi connectivity index (χ0) is 13.2. The van der Waals surface area contributed by atoms with Crippen LogP contribution in [0.15, 0.2) is 24.3 Å². The minimum absolute atomic E-state index is 0.266. The van der Waals surface area contributed by atoms with E-state index in [0.717, 1.165) is 5.56 Å². The Morgan fingerprint density at radius 1 is 1.29 bits per heavy atom. The smallest absolute Gasteiger partial charge is 0.335 e. The molecule has 0 amide bonds. The predicted molar refractivity (Wildman–Crippen MR) is 56.1 cm³/mol. The van der Waals surface area contributed by atoms with Crippen LogP contribution in [-0.2, 0) is 4.79 Å². The number of carboxylic acids is 1. The fraction of sp³-hybridized carbons (Fsp3) is 0.273. The molecule has 6 heteroatoms. The van der Waals surface area contributed by atoms with Crippen LogP contribution in [0.25, 0.3) is 0 Å². The summed E-state index contributed by atoms with van der Waals surface area (Å²) in [6.07, 6.45) is 0. The molecule has 17 heavy (non-hydrogen) atoms. The van der Waals surface area contributed by atoms with Crippen LogP contribution in [0.5, 0.6) is 0 Å². The summed E-state index contributed by atoms with van der Waals surface area (Å²) in [5.41, 5.74) is 5.32. The molecule has 0 aromatic heterocycles. The molecule has 1 atom stereocenters. The van der Waals surface area contributed by atoms with Gasteiger partial charge in [0, 0.05) is 5.56 Å². The molecule has 0 aliphatic rings. The molecular weight excluding hydrogens is 232 g/mol. The molecule has 0 aliphatic carbocycles. The largest absolute Gasteiger partial charge is 0.480 e. The van der Waals surface area contributed by atoms with Crippen molar-refractivity contribution in [2.45, 2.75) is 18.9 Å². The van der Waals surface area contributed by atoms with Crippen molar-refractivity contribution in [1.82, 2.24) is 0 Å². The summed E-state index contributed by atoms with van der Waals surface area (Å²) in [7, 11) is 0. The number of halogens is 2. The Kier molecular flexibility index (Phi) is 3.57. The molecule has 4 nitrogen and oxygen atoms in total. The molecule has 0 saturated carbocycles. The van der Waals surface area contributed by atoms with Gasteiger partial charge in [-0.05, 0) is 6.92 Å². The van der Waals surface area contributed by atoms with E-state index in [9.17, 15) is 18.4 Å². The quantitative estimate of drug-likeness (QED) is 0.779. The van der Waals surface area contributed by atoms with E-state index >= 15 is 0 Å². The normalized spacial score (nSPS) is 13.2. The van der Waals surface area contributed by atoms with Crippen molar-refractivity contribution >= 4 is 11.8 Å². The molecule has 0 fully saturated rings. The second kappa shape index (κ2) is 4.58. The minimum atomic E-state index is -4.12. The molecule has 1 aromatic carbocycles. The van der Waals surface area contributed by atoms with Gasteiger partial charge in [-0.2, -0.15) is 8.78 Å². The van der Waals surface area contributed by atoms with Gasteiger partial charge in [0.05, 0.1) is 0 Å². The second-order valence-corrected chi connectivity index (χ2v) is 3.63. The van der Waals surface area contributed by atoms with E-state index in [1.165, 1.54) is 24.3 Å². The van der Waals surface area contributed by atoms with Crippen molar-refractivity contribution in [3.05, 3.63) is 35.4 Å². The summed E-state index contributed by atoms with van der Waals surface area (Å²) in [5.74, 6) is -7.64. The first kappa shape index (κ1) is 13.2. The number of carbonyl (C=O) groups is 2. The third kappa shape index (κ3) is 2.65. The summed E-state index contributed by atoms with van der Waals surface area (Å²) < 4.78 is 26.8. The van der Waals surface area contributed by atoms with Gasteiger partial charge in [-0.1, -0.05) is 29.8 Å². The van der Waals surface area contributed by atoms with Crippen LogP contribution in [0.2, 0.25) is 0 Å². The highest BCUT2D eigenvalue weighted by Crippen LogP contribution is 2.23. The highest BCUT2D eigenvalue weighted by molar-refractivity contribution is 6.04. The van der Waals surface area contributed by atoms with Crippen LogP contribution < -0.4 is 5.73 Å². The van der Waals surface area contributed by atoms with Gasteiger partial charge in [-0.15, -0.1) is 0 Å². The highest BCUT2D eigenvalue weighted by atomic mass is 19.3. The summed E-state index contributed by atoms with van der Waals surface area (Å²) in [6.45, 7) is 1.73. The number of hydrogen-bond acceptors (Lipinski definition) is 3. The topological polar surface area (TPSA) is 80.4 Å². The molecule has 1 aromatic rings. The van der Waals surface area contributed by atoms with Gasteiger partial charge >= 0.3 is 11.9 Å². The molecule has 0 saturated heterocycles. The number of hydrogen-bond donors (Lipinski definition) is 2. The van der Waals surface area contributed by atoms with Crippen LogP contribution in [0.1, 0.15) is 15.9 Å². The first-order valence-electron chi connectivity index (χ1n) is 4.74. The van der Waals surface area contributed by atoms with Crippen molar-refractivity contribution < 1.29 is 23.5 Å². The molecule has 0 spiro atoms. The van der Waals surface area contributed by atoms with E-state index in [1.54, 1.807) is 6.92 Å². The molecule has 0 bridgehead atoms. The van der Waals surface area contributed by atoms with Crippen molar-refractivity contribution in [2.75, 3.05) is 0 Å². The van der Waals surface area contributed by atoms with Crippen LogP contribution in [0.4, 0.5) is 8.78 Å². The molecular formula is C11H11F2NO3. The van der Waals surface area contributed by atoms with Crippen molar-refractivity contribution in [2.24, 2.45) is 5.73 Å². The number of Topliss-reactive ketones (excluding diaryl/α,β-unsaturated/α-hetero) is 1. The summed E-state index contributed by atoms with van der Waals surface area (Å²) in [5, 5.41) is 8.40. The first-order chi connectivity index (χ1) is 7.76. The Bertz CT molecular complexity index is 443. The Morgan fingerprint density at radius 2 is 1.76 bits per heavy atom. The van der Waals surface area contributed by atoms with E-state index in [-0.39, 0.29) is 5.56 Å². The van der Waals surface area contributed by atoms with Gasteiger partial charge in [-0.25, -0.2) is 0 Å². The lowest BCUT2D eigenvalue weighted by Crippen LogP contribution is -2.51. The van der Waals surface area contributed by atoms with Gasteiger partial charge in [0.2, 0.25) is 5.78 Å². The SMILES string of the molecule is Cc1ccc(C(=O)C(F)(F)C(N)C(=O)O)cc1. The zero-order valence-electron chi connectivity index (χ0n) is 8.98. The molecule has 92 valence electrons. The van der Waals surface area contributed by atoms with E-state index in [0.29, 0.717) is 0 Å². The molecule has 0 heterocycles. The van der Waals surface area contributed by atoms with E-state index in [1.807, 2.05) is 0 Å². The fourth-order valence-corrected chi connectivity index (χ4v) is 1.19. The summed E-state index contributed by atoms with van der Waals surface area (Å²) >= 11 is 0. The summed E-state index contributed by atoms with van der Waals surface area (Å²) in [6, 6.07) is 2.84. The second-order valence-electron chi connectivity index (χ2n) is 3.63. The number of aliphatic carboxylic acids is 1. The van der Waals surface area contributed by atoms with E-state index < -0.39 is 23.7 Å². The van der Waals surface area contributed by atoms with Gasteiger partial charge in [0.15, 0.2) is 6.04 Å². The molecule has 1 rings (SSSR count). The third-order valence-electron chi connectivity index (χ3n) is 2.27. The molecule has 1 unspecified atom stereocenters. The average Bonchev–Trinajstić information content (AvgIpc) is 2.27. The fourth-order valence-electron chi connectivity index (χ4n) is 1.19. The first-order valence-corrected chi connectivity index (χ1v) is 4.74. The van der Waals surface area contributed by atoms with Crippen molar-refractivity contribution in [3.63, 3.8) is 0 Å². The predicted octanol–water partition coefficient (Wildman–Crippen LogP) is 1.22. The molecule has 3 N–H and O–H groups in total. The van der Waals surface area contributed by atoms with E-state index in [2.05, 4.69) is 0 Å². The van der Waals surface area contributed by atoms with Crippen molar-refractivity contribution in [3.8, 4) is 0 Å². The molecule has 0 aliphatic heterocycles. The number of carbonyl (C=O) groups excluding carboxylic acids is 1. The highest BCUT2D eigenvalue weighted by Gasteiger charge is 2.49. The number of ketones is 1. The number of alkyl halides is 2. The maximum absolute atomic E-state index is 13.4. The average molecular weight is 243 g/mol. The summed E-state index contributed by atoms with van der Waals surface area (Å²) in [4.78, 5) is 21.8. The number of aryl methyl sites for hydroxylation is 1. The van der Waals surface area contributed by atoms with Crippen LogP contribution in [0.3, 0.4) is 0 Å². The minimum Gasteiger partial charge on any atom is -0.480 e. The van der Waals surface area contributed by atoms with Crippen LogP contribution >= 0.6 is 0 Å². The van der Waals surface area contributed by atoms with Crippen LogP contribution in [-0.4, -0.2) is 28.8 Å². The maximum Gasteiger partial charge on any atom is 0.335 e. The zero-order valence-corrected chi connectivity index (χ0v) is 8.98. The van der Waals surface area contributed by atoms with Gasteiger partial charge in [0.1, 0.15) is 0 Å². The lowest BCUT2D eigenvalue weighted by Gasteiger charge is -2.18. The van der Waals surface area contributed by atoms with Gasteiger partial charge in [0.25, 0.3) is 0 Å². The number of rotatable bonds is 4. The number of carboxylic acid groups (broad SMARTS) is 1. The lowest BCUT2D eigenvalue weighted by atomic mass is 9.99.